The molecule has 0 amide bonds. The summed E-state index contributed by atoms with van der Waals surface area (Å²) in [6.45, 7) is 0. The molecule has 1 nitrogen and oxygen atoms in total. The molecule has 1 aromatic carbocycles. The number of fused-ring (bicyclic) bond motifs is 2. The molecule has 0 aliphatic carbocycles. The smallest absolute Gasteiger partial charge is 0.0311 e. The summed E-state index contributed by atoms with van der Waals surface area (Å²) in [6.07, 6.45) is 12.7. The second kappa shape index (κ2) is 2.88. The second-order valence-electron chi connectivity index (χ2n) is 3.43. The van der Waals surface area contributed by atoms with Gasteiger partial charge in [-0.1, -0.05) is 36.4 Å². The van der Waals surface area contributed by atoms with Crippen LogP contribution in [0.2, 0.25) is 0 Å². The molecular formula is C13H10N. The van der Waals surface area contributed by atoms with Gasteiger partial charge in [-0.2, -0.15) is 0 Å². The zero-order chi connectivity index (χ0) is 9.38. The first kappa shape index (κ1) is 7.63. The van der Waals surface area contributed by atoms with Gasteiger partial charge in [-0.3, -0.25) is 0 Å². The van der Waals surface area contributed by atoms with Gasteiger partial charge in [0.1, 0.15) is 0 Å². The van der Waals surface area contributed by atoms with Gasteiger partial charge in [-0.15, -0.1) is 0 Å². The van der Waals surface area contributed by atoms with E-state index in [0.717, 1.165) is 0 Å². The zero-order valence-electron chi connectivity index (χ0n) is 7.72. The van der Waals surface area contributed by atoms with E-state index in [1.54, 1.807) is 0 Å². The van der Waals surface area contributed by atoms with Crippen LogP contribution < -0.4 is 10.4 Å². The summed E-state index contributed by atoms with van der Waals surface area (Å²) in [4.78, 5) is 2.14. The predicted molar refractivity (Wildman–Crippen MR) is 58.0 cm³/mol. The molecule has 3 rings (SSSR count). The van der Waals surface area contributed by atoms with Crippen molar-refractivity contribution in [1.82, 2.24) is 4.90 Å². The molecule has 0 bridgehead atoms. The Kier molecular flexibility index (Phi) is 1.57. The van der Waals surface area contributed by atoms with Gasteiger partial charge in [0.15, 0.2) is 0 Å². The van der Waals surface area contributed by atoms with Gasteiger partial charge in [0.2, 0.25) is 0 Å². The monoisotopic (exact) mass is 180 g/mol. The van der Waals surface area contributed by atoms with Crippen molar-refractivity contribution < 1.29 is 0 Å². The minimum absolute atomic E-state index is 1.22. The lowest BCUT2D eigenvalue weighted by atomic mass is 10.2. The van der Waals surface area contributed by atoms with Crippen LogP contribution in [0.5, 0.6) is 0 Å². The molecule has 14 heavy (non-hydrogen) atoms. The van der Waals surface area contributed by atoms with Crippen LogP contribution in [0.15, 0.2) is 48.3 Å². The highest BCUT2D eigenvalue weighted by Gasteiger charge is 2.09. The fraction of sp³-hybridized carbons (Fsp3) is 0. The van der Waals surface area contributed by atoms with Gasteiger partial charge in [0.05, 0.1) is 0 Å². The largest absolute Gasteiger partial charge is 0.327 e. The highest BCUT2D eigenvalue weighted by Crippen LogP contribution is 2.18. The van der Waals surface area contributed by atoms with E-state index in [-0.39, 0.29) is 0 Å². The number of rotatable bonds is 0. The standard InChI is InChI=1S/C13H10N/c1-2-5-12-10-14-9-3-6-13(14)8-7-11(12)4-1/h1-10H. The molecule has 67 valence electrons. The molecule has 2 aliphatic heterocycles. The normalized spacial score (nSPS) is 17.4. The van der Waals surface area contributed by atoms with Crippen molar-refractivity contribution in [2.45, 2.75) is 0 Å². The summed E-state index contributed by atoms with van der Waals surface area (Å²) in [5, 5.41) is 2.54. The predicted octanol–water partition coefficient (Wildman–Crippen LogP) is 1.14. The van der Waals surface area contributed by atoms with E-state index in [1.165, 1.54) is 16.1 Å². The second-order valence-corrected chi connectivity index (χ2v) is 3.43. The minimum atomic E-state index is 1.22. The lowest BCUT2D eigenvalue weighted by Gasteiger charge is -2.10. The Labute approximate surface area is 83.0 Å². The third kappa shape index (κ3) is 1.10. The number of hydrogen-bond donors (Lipinski definition) is 0. The molecule has 0 unspecified atom stereocenters. The Balaban J connectivity index is 2.30. The summed E-state index contributed by atoms with van der Waals surface area (Å²) in [5.41, 5.74) is 1.22. The quantitative estimate of drug-likeness (QED) is 0.578. The van der Waals surface area contributed by atoms with Crippen LogP contribution in [0, 0.1) is 6.42 Å². The van der Waals surface area contributed by atoms with Gasteiger partial charge in [0.25, 0.3) is 0 Å². The Morgan fingerprint density at radius 2 is 1.79 bits per heavy atom. The first-order valence-electron chi connectivity index (χ1n) is 4.72. The number of benzene rings is 1. The van der Waals surface area contributed by atoms with Gasteiger partial charge in [-0.25, -0.2) is 0 Å². The van der Waals surface area contributed by atoms with Crippen molar-refractivity contribution in [3.8, 4) is 0 Å². The lowest BCUT2D eigenvalue weighted by molar-refractivity contribution is 0.723. The molecule has 2 heterocycles. The SMILES string of the molecule is [CH]1C=CN2C=c3ccccc3=CC=C12. The van der Waals surface area contributed by atoms with Crippen molar-refractivity contribution >= 4 is 12.3 Å². The molecule has 1 heteroatoms. The first-order valence-corrected chi connectivity index (χ1v) is 4.72. The van der Waals surface area contributed by atoms with E-state index in [4.69, 9.17) is 0 Å². The van der Waals surface area contributed by atoms with Crippen LogP contribution in [0.25, 0.3) is 12.3 Å². The van der Waals surface area contributed by atoms with Crippen LogP contribution in [0.3, 0.4) is 0 Å². The van der Waals surface area contributed by atoms with Gasteiger partial charge >= 0.3 is 0 Å². The van der Waals surface area contributed by atoms with Crippen molar-refractivity contribution in [3.63, 3.8) is 0 Å². The van der Waals surface area contributed by atoms with E-state index in [1.807, 2.05) is 0 Å². The molecule has 2 aliphatic rings. The minimum Gasteiger partial charge on any atom is -0.327 e. The van der Waals surface area contributed by atoms with Crippen molar-refractivity contribution in [2.24, 2.45) is 0 Å². The fourth-order valence-electron chi connectivity index (χ4n) is 1.77. The van der Waals surface area contributed by atoms with Crippen molar-refractivity contribution in [2.75, 3.05) is 0 Å². The maximum atomic E-state index is 2.16. The molecule has 1 radical (unpaired) electrons. The highest BCUT2D eigenvalue weighted by molar-refractivity contribution is 5.52. The van der Waals surface area contributed by atoms with Gasteiger partial charge in [0, 0.05) is 24.5 Å². The number of hydrogen-bond acceptors (Lipinski definition) is 1. The maximum absolute atomic E-state index is 2.16. The Hall–Kier alpha value is -1.76. The number of nitrogens with zero attached hydrogens (tertiary/aromatic N) is 1. The molecule has 0 fully saturated rings. The maximum Gasteiger partial charge on any atom is 0.0311 e. The molecular weight excluding hydrogens is 170 g/mol. The molecule has 0 N–H and O–H groups in total. The van der Waals surface area contributed by atoms with E-state index in [9.17, 15) is 0 Å². The Morgan fingerprint density at radius 3 is 2.71 bits per heavy atom. The molecule has 0 aromatic heterocycles. The lowest BCUT2D eigenvalue weighted by Crippen LogP contribution is -2.24. The van der Waals surface area contributed by atoms with E-state index < -0.39 is 0 Å². The van der Waals surface area contributed by atoms with E-state index >= 15 is 0 Å². The van der Waals surface area contributed by atoms with Crippen molar-refractivity contribution in [1.29, 1.82) is 0 Å². The highest BCUT2D eigenvalue weighted by atomic mass is 15.1. The number of allylic oxidation sites excluding steroid dienone is 2. The fourth-order valence-corrected chi connectivity index (χ4v) is 1.77. The molecule has 1 aromatic rings. The van der Waals surface area contributed by atoms with Gasteiger partial charge in [-0.05, 0) is 16.5 Å². The van der Waals surface area contributed by atoms with Crippen molar-refractivity contribution in [3.05, 3.63) is 65.2 Å². The van der Waals surface area contributed by atoms with Crippen LogP contribution in [-0.4, -0.2) is 4.90 Å². The third-order valence-electron chi connectivity index (χ3n) is 2.52. The molecule has 0 atom stereocenters. The van der Waals surface area contributed by atoms with Crippen LogP contribution in [0.1, 0.15) is 0 Å². The average molecular weight is 180 g/mol. The van der Waals surface area contributed by atoms with Crippen LogP contribution >= 0.6 is 0 Å². The summed E-state index contributed by atoms with van der Waals surface area (Å²) in [7, 11) is 0. The summed E-state index contributed by atoms with van der Waals surface area (Å²) >= 11 is 0. The van der Waals surface area contributed by atoms with E-state index in [2.05, 4.69) is 66.2 Å². The van der Waals surface area contributed by atoms with Gasteiger partial charge < -0.3 is 4.90 Å². The Bertz CT molecular complexity index is 535. The summed E-state index contributed by atoms with van der Waals surface area (Å²) in [5.74, 6) is 0. The first-order chi connectivity index (χ1) is 6.93. The van der Waals surface area contributed by atoms with E-state index in [0.29, 0.717) is 0 Å². The Morgan fingerprint density at radius 1 is 0.929 bits per heavy atom. The average Bonchev–Trinajstić information content (AvgIpc) is 2.58. The summed E-state index contributed by atoms with van der Waals surface area (Å²) < 4.78 is 0. The third-order valence-corrected chi connectivity index (χ3v) is 2.52. The molecule has 0 saturated heterocycles. The molecule has 0 spiro atoms. The zero-order valence-corrected chi connectivity index (χ0v) is 7.72. The topological polar surface area (TPSA) is 3.24 Å². The molecule has 0 saturated carbocycles. The summed E-state index contributed by atoms with van der Waals surface area (Å²) in [6, 6.07) is 8.40. The van der Waals surface area contributed by atoms with Crippen LogP contribution in [0.4, 0.5) is 0 Å². The van der Waals surface area contributed by atoms with Crippen LogP contribution in [-0.2, 0) is 0 Å².